The van der Waals surface area contributed by atoms with Crippen LogP contribution in [0.15, 0.2) is 42.5 Å². The van der Waals surface area contributed by atoms with Crippen molar-refractivity contribution in [2.24, 2.45) is 0 Å². The highest BCUT2D eigenvalue weighted by Crippen LogP contribution is 2.23. The Morgan fingerprint density at radius 2 is 1.73 bits per heavy atom. The number of esters is 1. The van der Waals surface area contributed by atoms with E-state index in [2.05, 4.69) is 15.4 Å². The number of halogens is 2. The molecule has 0 radical (unpaired) electrons. The van der Waals surface area contributed by atoms with Gasteiger partial charge in [0.1, 0.15) is 6.42 Å². The predicted molar refractivity (Wildman–Crippen MR) is 99.3 cm³/mol. The highest BCUT2D eigenvalue weighted by atomic mass is 35.5. The lowest BCUT2D eigenvalue weighted by molar-refractivity contribution is -0.126. The van der Waals surface area contributed by atoms with Gasteiger partial charge in [-0.25, -0.2) is 4.79 Å². The summed E-state index contributed by atoms with van der Waals surface area (Å²) in [5.74, 6) is -1.59. The molecule has 2 amide bonds. The van der Waals surface area contributed by atoms with Gasteiger partial charge in [0.2, 0.25) is 11.8 Å². The molecule has 0 aliphatic rings. The first-order chi connectivity index (χ1) is 12.4. The lowest BCUT2D eigenvalue weighted by Crippen LogP contribution is -2.28. The van der Waals surface area contributed by atoms with E-state index >= 15 is 0 Å². The van der Waals surface area contributed by atoms with E-state index in [9.17, 15) is 14.4 Å². The molecular formula is C18H16Cl2N2O4. The molecule has 0 aromatic heterocycles. The molecule has 0 aliphatic heterocycles. The van der Waals surface area contributed by atoms with Crippen molar-refractivity contribution < 1.29 is 19.1 Å². The average molecular weight is 395 g/mol. The molecule has 6 nitrogen and oxygen atoms in total. The van der Waals surface area contributed by atoms with E-state index in [1.807, 2.05) is 0 Å². The van der Waals surface area contributed by atoms with Gasteiger partial charge in [0.25, 0.3) is 0 Å². The van der Waals surface area contributed by atoms with Crippen molar-refractivity contribution in [1.82, 2.24) is 5.32 Å². The van der Waals surface area contributed by atoms with E-state index in [1.54, 1.807) is 24.3 Å². The Kier molecular flexibility index (Phi) is 7.00. The number of hydrogen-bond donors (Lipinski definition) is 2. The molecule has 0 aliphatic carbocycles. The number of nitrogens with one attached hydrogen (secondary N) is 2. The van der Waals surface area contributed by atoms with Crippen LogP contribution in [0.2, 0.25) is 10.0 Å². The summed E-state index contributed by atoms with van der Waals surface area (Å²) in [4.78, 5) is 35.5. The molecule has 0 saturated carbocycles. The number of hydrogen-bond acceptors (Lipinski definition) is 4. The first kappa shape index (κ1) is 19.8. The van der Waals surface area contributed by atoms with Gasteiger partial charge >= 0.3 is 5.97 Å². The Labute approximate surface area is 160 Å². The summed E-state index contributed by atoms with van der Waals surface area (Å²) >= 11 is 12.0. The van der Waals surface area contributed by atoms with Crippen molar-refractivity contribution in [2.75, 3.05) is 12.4 Å². The molecule has 0 unspecified atom stereocenters. The number of ether oxygens (including phenoxy) is 1. The Bertz CT molecular complexity index is 840. The Morgan fingerprint density at radius 1 is 1.00 bits per heavy atom. The molecule has 2 rings (SSSR count). The molecule has 2 aromatic carbocycles. The second-order valence-electron chi connectivity index (χ2n) is 5.28. The first-order valence-electron chi connectivity index (χ1n) is 7.58. The van der Waals surface area contributed by atoms with E-state index < -0.39 is 24.2 Å². The van der Waals surface area contributed by atoms with E-state index in [0.717, 1.165) is 5.56 Å². The number of rotatable bonds is 6. The SMILES string of the molecule is COC(=O)c1ccc(Cl)c(NC(=O)CC(=O)NCc2ccccc2Cl)c1. The van der Waals surface area contributed by atoms with Crippen LogP contribution in [0.3, 0.4) is 0 Å². The molecule has 2 aromatic rings. The van der Waals surface area contributed by atoms with E-state index in [1.165, 1.54) is 25.3 Å². The summed E-state index contributed by atoms with van der Waals surface area (Å²) in [7, 11) is 1.25. The molecule has 26 heavy (non-hydrogen) atoms. The van der Waals surface area contributed by atoms with Crippen molar-refractivity contribution in [3.63, 3.8) is 0 Å². The summed E-state index contributed by atoms with van der Waals surface area (Å²) in [5, 5.41) is 5.89. The minimum absolute atomic E-state index is 0.213. The number of amides is 2. The molecule has 0 atom stereocenters. The van der Waals surface area contributed by atoms with Crippen LogP contribution in [0, 0.1) is 0 Å². The minimum Gasteiger partial charge on any atom is -0.465 e. The largest absolute Gasteiger partial charge is 0.465 e. The second kappa shape index (κ2) is 9.22. The molecule has 0 heterocycles. The van der Waals surface area contributed by atoms with Gasteiger partial charge in [-0.15, -0.1) is 0 Å². The van der Waals surface area contributed by atoms with Crippen LogP contribution in [0.25, 0.3) is 0 Å². The maximum Gasteiger partial charge on any atom is 0.337 e. The number of benzene rings is 2. The topological polar surface area (TPSA) is 84.5 Å². The third-order valence-corrected chi connectivity index (χ3v) is 4.11. The fourth-order valence-corrected chi connectivity index (χ4v) is 2.47. The number of carbonyl (C=O) groups excluding carboxylic acids is 3. The van der Waals surface area contributed by atoms with Crippen molar-refractivity contribution in [1.29, 1.82) is 0 Å². The maximum absolute atomic E-state index is 12.0. The van der Waals surface area contributed by atoms with Gasteiger partial charge in [0.05, 0.1) is 23.4 Å². The maximum atomic E-state index is 12.0. The summed E-state index contributed by atoms with van der Waals surface area (Å²) in [5.41, 5.74) is 1.20. The van der Waals surface area contributed by atoms with Gasteiger partial charge in [0.15, 0.2) is 0 Å². The highest BCUT2D eigenvalue weighted by molar-refractivity contribution is 6.34. The van der Waals surface area contributed by atoms with Gasteiger partial charge in [-0.05, 0) is 29.8 Å². The van der Waals surface area contributed by atoms with Crippen LogP contribution in [-0.2, 0) is 20.9 Å². The zero-order valence-corrected chi connectivity index (χ0v) is 15.4. The molecule has 2 N–H and O–H groups in total. The van der Waals surface area contributed by atoms with Crippen molar-refractivity contribution in [3.05, 3.63) is 63.6 Å². The van der Waals surface area contributed by atoms with Crippen LogP contribution in [0.1, 0.15) is 22.3 Å². The number of carbonyl (C=O) groups is 3. The molecule has 0 spiro atoms. The highest BCUT2D eigenvalue weighted by Gasteiger charge is 2.14. The van der Waals surface area contributed by atoms with Gasteiger partial charge < -0.3 is 15.4 Å². The molecular weight excluding hydrogens is 379 g/mol. The van der Waals surface area contributed by atoms with E-state index in [-0.39, 0.29) is 22.8 Å². The van der Waals surface area contributed by atoms with Gasteiger partial charge in [0, 0.05) is 11.6 Å². The van der Waals surface area contributed by atoms with E-state index in [0.29, 0.717) is 5.02 Å². The summed E-state index contributed by atoms with van der Waals surface area (Å²) in [6, 6.07) is 11.4. The van der Waals surface area contributed by atoms with Crippen LogP contribution >= 0.6 is 23.2 Å². The molecule has 0 bridgehead atoms. The Balaban J connectivity index is 1.93. The fraction of sp³-hybridized carbons (Fsp3) is 0.167. The predicted octanol–water partition coefficient (Wildman–Crippen LogP) is 3.43. The zero-order chi connectivity index (χ0) is 19.1. The fourth-order valence-electron chi connectivity index (χ4n) is 2.10. The van der Waals surface area contributed by atoms with Crippen LogP contribution in [0.4, 0.5) is 5.69 Å². The Hall–Kier alpha value is -2.57. The third-order valence-electron chi connectivity index (χ3n) is 3.42. The van der Waals surface area contributed by atoms with E-state index in [4.69, 9.17) is 23.2 Å². The molecule has 0 fully saturated rings. The Morgan fingerprint density at radius 3 is 2.42 bits per heavy atom. The molecule has 8 heteroatoms. The normalized spacial score (nSPS) is 10.1. The summed E-state index contributed by atoms with van der Waals surface area (Å²) in [6.07, 6.45) is -0.400. The molecule has 0 saturated heterocycles. The first-order valence-corrected chi connectivity index (χ1v) is 8.34. The van der Waals surface area contributed by atoms with Crippen LogP contribution in [-0.4, -0.2) is 24.9 Å². The lowest BCUT2D eigenvalue weighted by atomic mass is 10.2. The lowest BCUT2D eigenvalue weighted by Gasteiger charge is -2.10. The van der Waals surface area contributed by atoms with Crippen molar-refractivity contribution >= 4 is 46.7 Å². The minimum atomic E-state index is -0.564. The van der Waals surface area contributed by atoms with Gasteiger partial charge in [-0.1, -0.05) is 41.4 Å². The van der Waals surface area contributed by atoms with Crippen molar-refractivity contribution in [3.8, 4) is 0 Å². The summed E-state index contributed by atoms with van der Waals surface area (Å²) in [6.45, 7) is 0.213. The zero-order valence-electron chi connectivity index (χ0n) is 13.8. The van der Waals surface area contributed by atoms with Crippen LogP contribution < -0.4 is 10.6 Å². The third kappa shape index (κ3) is 5.47. The number of anilines is 1. The summed E-state index contributed by atoms with van der Waals surface area (Å²) < 4.78 is 4.61. The number of methoxy groups -OCH3 is 1. The average Bonchev–Trinajstić information content (AvgIpc) is 2.62. The van der Waals surface area contributed by atoms with Crippen molar-refractivity contribution in [2.45, 2.75) is 13.0 Å². The monoisotopic (exact) mass is 394 g/mol. The second-order valence-corrected chi connectivity index (χ2v) is 6.09. The quantitative estimate of drug-likeness (QED) is 0.580. The standard InChI is InChI=1S/C18H16Cl2N2O4/c1-26-18(25)11-6-7-14(20)15(8-11)22-17(24)9-16(23)21-10-12-4-2-3-5-13(12)19/h2-8H,9-10H2,1H3,(H,21,23)(H,22,24). The van der Waals surface area contributed by atoms with Crippen LogP contribution in [0.5, 0.6) is 0 Å². The molecule has 136 valence electrons. The van der Waals surface area contributed by atoms with Gasteiger partial charge in [-0.3, -0.25) is 9.59 Å². The van der Waals surface area contributed by atoms with Gasteiger partial charge in [-0.2, -0.15) is 0 Å². The smallest absolute Gasteiger partial charge is 0.337 e.